The van der Waals surface area contributed by atoms with Crippen molar-refractivity contribution in [1.29, 1.82) is 0 Å². The fraction of sp³-hybridized carbons (Fsp3) is 0.133. The second-order valence-corrected chi connectivity index (χ2v) is 6.84. The first kappa shape index (κ1) is 16.3. The molecule has 0 spiro atoms. The smallest absolute Gasteiger partial charge is 0.339 e. The van der Waals surface area contributed by atoms with Gasteiger partial charge in [0.2, 0.25) is 0 Å². The third-order valence-electron chi connectivity index (χ3n) is 2.87. The Morgan fingerprint density at radius 1 is 1.09 bits per heavy atom. The SMILES string of the molecule is COC(=O)c1cccc(OCc2ccccc2)c1S(=O)(=O)Cl. The highest BCUT2D eigenvalue weighted by molar-refractivity contribution is 8.13. The quantitative estimate of drug-likeness (QED) is 0.618. The molecule has 0 heterocycles. The minimum Gasteiger partial charge on any atom is -0.487 e. The maximum absolute atomic E-state index is 11.8. The molecular weight excluding hydrogens is 328 g/mol. The Morgan fingerprint density at radius 2 is 1.77 bits per heavy atom. The Bertz CT molecular complexity index is 772. The van der Waals surface area contributed by atoms with Crippen LogP contribution in [-0.4, -0.2) is 21.5 Å². The summed E-state index contributed by atoms with van der Waals surface area (Å²) in [5.41, 5.74) is 0.687. The number of methoxy groups -OCH3 is 1. The van der Waals surface area contributed by atoms with E-state index >= 15 is 0 Å². The maximum Gasteiger partial charge on any atom is 0.339 e. The molecule has 0 saturated carbocycles. The standard InChI is InChI=1S/C15H13ClO5S/c1-20-15(17)12-8-5-9-13(14(12)22(16,18)19)21-10-11-6-3-2-4-7-11/h2-9H,10H2,1H3. The Hall–Kier alpha value is -2.05. The van der Waals surface area contributed by atoms with Crippen molar-refractivity contribution >= 4 is 25.7 Å². The molecular formula is C15H13ClO5S. The van der Waals surface area contributed by atoms with Crippen LogP contribution in [-0.2, 0) is 20.4 Å². The normalized spacial score (nSPS) is 11.0. The first-order valence-electron chi connectivity index (χ1n) is 6.26. The van der Waals surface area contributed by atoms with Gasteiger partial charge in [-0.2, -0.15) is 0 Å². The summed E-state index contributed by atoms with van der Waals surface area (Å²) >= 11 is 0. The lowest BCUT2D eigenvalue weighted by atomic mass is 10.2. The van der Waals surface area contributed by atoms with Crippen molar-refractivity contribution in [3.63, 3.8) is 0 Å². The van der Waals surface area contributed by atoms with Gasteiger partial charge < -0.3 is 9.47 Å². The molecule has 0 N–H and O–H groups in total. The number of benzene rings is 2. The van der Waals surface area contributed by atoms with Crippen LogP contribution in [0.1, 0.15) is 15.9 Å². The van der Waals surface area contributed by atoms with E-state index in [1.54, 1.807) is 0 Å². The van der Waals surface area contributed by atoms with Gasteiger partial charge in [0, 0.05) is 10.7 Å². The van der Waals surface area contributed by atoms with Gasteiger partial charge in [-0.1, -0.05) is 36.4 Å². The van der Waals surface area contributed by atoms with Crippen molar-refractivity contribution in [3.8, 4) is 5.75 Å². The predicted octanol–water partition coefficient (Wildman–Crippen LogP) is 2.98. The Morgan fingerprint density at radius 3 is 2.36 bits per heavy atom. The zero-order chi connectivity index (χ0) is 16.2. The average Bonchev–Trinajstić information content (AvgIpc) is 2.51. The molecule has 0 fully saturated rings. The first-order chi connectivity index (χ1) is 10.4. The van der Waals surface area contributed by atoms with Crippen LogP contribution in [0, 0.1) is 0 Å². The fourth-order valence-electron chi connectivity index (χ4n) is 1.89. The van der Waals surface area contributed by atoms with Crippen molar-refractivity contribution in [2.75, 3.05) is 7.11 Å². The average molecular weight is 341 g/mol. The summed E-state index contributed by atoms with van der Waals surface area (Å²) < 4.78 is 33.7. The lowest BCUT2D eigenvalue weighted by Gasteiger charge is -2.12. The lowest BCUT2D eigenvalue weighted by Crippen LogP contribution is -2.10. The van der Waals surface area contributed by atoms with Gasteiger partial charge in [-0.15, -0.1) is 0 Å². The van der Waals surface area contributed by atoms with E-state index in [-0.39, 0.29) is 22.8 Å². The summed E-state index contributed by atoms with van der Waals surface area (Å²) in [7, 11) is 2.42. The summed E-state index contributed by atoms with van der Waals surface area (Å²) in [5.74, 6) is -0.800. The summed E-state index contributed by atoms with van der Waals surface area (Å²) in [6.07, 6.45) is 0. The Labute approximate surface area is 132 Å². The third kappa shape index (κ3) is 3.78. The van der Waals surface area contributed by atoms with Crippen LogP contribution in [0.5, 0.6) is 5.75 Å². The molecule has 2 rings (SSSR count). The zero-order valence-corrected chi connectivity index (χ0v) is 13.2. The van der Waals surface area contributed by atoms with Gasteiger partial charge in [0.15, 0.2) is 0 Å². The van der Waals surface area contributed by atoms with E-state index in [9.17, 15) is 13.2 Å². The first-order valence-corrected chi connectivity index (χ1v) is 8.57. The second-order valence-electron chi connectivity index (χ2n) is 4.34. The molecule has 0 aliphatic carbocycles. The van der Waals surface area contributed by atoms with Crippen LogP contribution in [0.4, 0.5) is 0 Å². The number of ether oxygens (including phenoxy) is 2. The number of carbonyl (C=O) groups excluding carboxylic acids is 1. The van der Waals surface area contributed by atoms with Crippen molar-refractivity contribution in [2.45, 2.75) is 11.5 Å². The van der Waals surface area contributed by atoms with Crippen molar-refractivity contribution in [3.05, 3.63) is 59.7 Å². The minimum atomic E-state index is -4.18. The molecule has 22 heavy (non-hydrogen) atoms. The van der Waals surface area contributed by atoms with E-state index in [1.165, 1.54) is 18.2 Å². The molecule has 0 aliphatic heterocycles. The monoisotopic (exact) mass is 340 g/mol. The number of esters is 1. The highest BCUT2D eigenvalue weighted by atomic mass is 35.7. The summed E-state index contributed by atoms with van der Waals surface area (Å²) in [6.45, 7) is 0.144. The highest BCUT2D eigenvalue weighted by Crippen LogP contribution is 2.31. The Balaban J connectivity index is 2.41. The van der Waals surface area contributed by atoms with Gasteiger partial charge in [-0.25, -0.2) is 13.2 Å². The molecule has 0 amide bonds. The number of hydrogen-bond donors (Lipinski definition) is 0. The Kier molecular flexibility index (Phi) is 5.05. The summed E-state index contributed by atoms with van der Waals surface area (Å²) in [4.78, 5) is 11.3. The van der Waals surface area contributed by atoms with Crippen molar-refractivity contribution in [1.82, 2.24) is 0 Å². The molecule has 2 aromatic carbocycles. The van der Waals surface area contributed by atoms with E-state index < -0.39 is 15.0 Å². The van der Waals surface area contributed by atoms with Gasteiger partial charge >= 0.3 is 5.97 Å². The molecule has 0 aliphatic rings. The third-order valence-corrected chi connectivity index (χ3v) is 4.24. The molecule has 2 aromatic rings. The molecule has 0 bridgehead atoms. The van der Waals surface area contributed by atoms with E-state index in [4.69, 9.17) is 15.4 Å². The second kappa shape index (κ2) is 6.81. The van der Waals surface area contributed by atoms with Crippen molar-refractivity contribution in [2.24, 2.45) is 0 Å². The van der Waals surface area contributed by atoms with Crippen LogP contribution < -0.4 is 4.74 Å². The van der Waals surface area contributed by atoms with E-state index in [2.05, 4.69) is 4.74 Å². The van der Waals surface area contributed by atoms with Gasteiger partial charge in [0.1, 0.15) is 17.3 Å². The van der Waals surface area contributed by atoms with Crippen molar-refractivity contribution < 1.29 is 22.7 Å². The molecule has 7 heteroatoms. The number of rotatable bonds is 5. The molecule has 5 nitrogen and oxygen atoms in total. The van der Waals surface area contributed by atoms with Crippen LogP contribution in [0.2, 0.25) is 0 Å². The van der Waals surface area contributed by atoms with Gasteiger partial charge in [0.05, 0.1) is 12.7 Å². The summed E-state index contributed by atoms with van der Waals surface area (Å²) in [5, 5.41) is 0. The van der Waals surface area contributed by atoms with E-state index in [0.717, 1.165) is 12.7 Å². The van der Waals surface area contributed by atoms with Crippen LogP contribution >= 0.6 is 10.7 Å². The molecule has 0 unspecified atom stereocenters. The van der Waals surface area contributed by atoms with Gasteiger partial charge in [0.25, 0.3) is 9.05 Å². The van der Waals surface area contributed by atoms with E-state index in [0.29, 0.717) is 0 Å². The molecule has 0 aromatic heterocycles. The highest BCUT2D eigenvalue weighted by Gasteiger charge is 2.26. The lowest BCUT2D eigenvalue weighted by molar-refractivity contribution is 0.0595. The number of carbonyl (C=O) groups is 1. The molecule has 116 valence electrons. The zero-order valence-electron chi connectivity index (χ0n) is 11.7. The van der Waals surface area contributed by atoms with Crippen LogP contribution in [0.15, 0.2) is 53.4 Å². The summed E-state index contributed by atoms with van der Waals surface area (Å²) in [6, 6.07) is 13.4. The van der Waals surface area contributed by atoms with E-state index in [1.807, 2.05) is 30.3 Å². The largest absolute Gasteiger partial charge is 0.487 e. The molecule has 0 saturated heterocycles. The number of halogens is 1. The number of hydrogen-bond acceptors (Lipinski definition) is 5. The molecule has 0 atom stereocenters. The minimum absolute atomic E-state index is 0.00162. The van der Waals surface area contributed by atoms with Crippen LogP contribution in [0.3, 0.4) is 0 Å². The topological polar surface area (TPSA) is 69.7 Å². The molecule has 0 radical (unpaired) electrons. The predicted molar refractivity (Wildman–Crippen MR) is 81.6 cm³/mol. The maximum atomic E-state index is 11.8. The fourth-order valence-corrected chi connectivity index (χ4v) is 3.15. The van der Waals surface area contributed by atoms with Crippen LogP contribution in [0.25, 0.3) is 0 Å². The van der Waals surface area contributed by atoms with Gasteiger partial charge in [-0.05, 0) is 17.7 Å². The van der Waals surface area contributed by atoms with Gasteiger partial charge in [-0.3, -0.25) is 0 Å².